The predicted octanol–water partition coefficient (Wildman–Crippen LogP) is 13.2. The fourth-order valence-corrected chi connectivity index (χ4v) is 10.4. The molecule has 0 aromatic heterocycles. The molecule has 2 unspecified atom stereocenters. The number of hydrogen-bond acceptors (Lipinski definition) is 4. The van der Waals surface area contributed by atoms with Crippen LogP contribution >= 0.6 is 0 Å². The summed E-state index contributed by atoms with van der Waals surface area (Å²) in [6.07, 6.45) is 40.6. The van der Waals surface area contributed by atoms with Gasteiger partial charge in [0.05, 0.1) is 5.41 Å². The first-order chi connectivity index (χ1) is 31.8. The molecule has 0 saturated carbocycles. The van der Waals surface area contributed by atoms with Gasteiger partial charge < -0.3 is 20.0 Å². The van der Waals surface area contributed by atoms with Crippen molar-refractivity contribution < 1.29 is 0 Å². The number of likely N-dealkylation sites (N-methyl/N-ethyl adjacent to an activating group) is 2. The number of rotatable bonds is 10. The molecule has 0 saturated heterocycles. The molecule has 4 aliphatic carbocycles. The Hall–Kier alpha value is -7.36. The Bertz CT molecular complexity index is 3010. The van der Waals surface area contributed by atoms with Crippen LogP contribution in [0.25, 0.3) is 17.3 Å². The quantitative estimate of drug-likeness (QED) is 0.127. The molecule has 2 aliphatic heterocycles. The number of nitrogens with one attached hydrogen (secondary N) is 1. The first-order valence-electron chi connectivity index (χ1n) is 22.9. The van der Waals surface area contributed by atoms with Gasteiger partial charge in [0.15, 0.2) is 0 Å². The fraction of sp³-hybridized carbons (Fsp3) is 0.164. The van der Waals surface area contributed by atoms with Crippen molar-refractivity contribution in [1.29, 1.82) is 0 Å². The minimum absolute atomic E-state index is 0.168. The summed E-state index contributed by atoms with van der Waals surface area (Å²) in [5.74, 6) is 0. The van der Waals surface area contributed by atoms with E-state index in [2.05, 4.69) is 242 Å². The molecule has 0 bridgehead atoms. The minimum Gasteiger partial charge on any atom is -0.370 e. The highest BCUT2D eigenvalue weighted by molar-refractivity contribution is 5.95. The lowest BCUT2D eigenvalue weighted by atomic mass is 9.63. The Morgan fingerprint density at radius 3 is 2.40 bits per heavy atom. The van der Waals surface area contributed by atoms with Crippen LogP contribution in [0.15, 0.2) is 229 Å². The summed E-state index contributed by atoms with van der Waals surface area (Å²) in [6, 6.07) is 32.3. The van der Waals surface area contributed by atoms with Gasteiger partial charge in [-0.1, -0.05) is 140 Å². The molecule has 1 N–H and O–H groups in total. The SMILES string of the molecule is C=C/C=C(\C=C/CNC1C=CC2=C(C=Cc3cc(N(c4ccc(C5=CC=CCN5C)cc4)c4ccc(C)c(C)c4)ccc3C23C2=C(C=CC=C=C2)c2ccccc23)C1)C1=CC=CCN1C. The zero-order valence-corrected chi connectivity index (χ0v) is 37.9. The Morgan fingerprint density at radius 2 is 1.58 bits per heavy atom. The second kappa shape index (κ2) is 17.7. The van der Waals surface area contributed by atoms with Crippen molar-refractivity contribution in [3.8, 4) is 0 Å². The van der Waals surface area contributed by atoms with E-state index >= 15 is 0 Å². The van der Waals surface area contributed by atoms with Crippen molar-refractivity contribution in [3.05, 3.63) is 267 Å². The lowest BCUT2D eigenvalue weighted by Gasteiger charge is -2.39. The van der Waals surface area contributed by atoms with Gasteiger partial charge in [-0.2, -0.15) is 0 Å². The van der Waals surface area contributed by atoms with E-state index in [0.29, 0.717) is 0 Å². The van der Waals surface area contributed by atoms with Gasteiger partial charge in [0, 0.05) is 68.2 Å². The van der Waals surface area contributed by atoms with Gasteiger partial charge in [-0.15, -0.1) is 5.73 Å². The summed E-state index contributed by atoms with van der Waals surface area (Å²) in [6.45, 7) is 10.9. The fourth-order valence-electron chi connectivity index (χ4n) is 10.4. The average Bonchev–Trinajstić information content (AvgIpc) is 3.46. The molecule has 4 aromatic rings. The predicted molar refractivity (Wildman–Crippen MR) is 275 cm³/mol. The van der Waals surface area contributed by atoms with Gasteiger partial charge in [-0.3, -0.25) is 0 Å². The number of aryl methyl sites for hydroxylation is 2. The summed E-state index contributed by atoms with van der Waals surface area (Å²) in [7, 11) is 4.29. The molecule has 320 valence electrons. The van der Waals surface area contributed by atoms with Gasteiger partial charge >= 0.3 is 0 Å². The maximum Gasteiger partial charge on any atom is 0.0727 e. The van der Waals surface area contributed by atoms with Crippen LogP contribution in [0.1, 0.15) is 45.4 Å². The third kappa shape index (κ3) is 7.55. The highest BCUT2D eigenvalue weighted by Crippen LogP contribution is 2.59. The molecule has 6 aliphatic rings. The van der Waals surface area contributed by atoms with E-state index < -0.39 is 5.41 Å². The first kappa shape index (κ1) is 41.6. The lowest BCUT2D eigenvalue weighted by Crippen LogP contribution is -2.35. The molecule has 2 atom stereocenters. The van der Waals surface area contributed by atoms with Crippen LogP contribution in [0.3, 0.4) is 0 Å². The maximum absolute atomic E-state index is 3.99. The molecule has 0 radical (unpaired) electrons. The smallest absolute Gasteiger partial charge is 0.0727 e. The Kier molecular flexibility index (Phi) is 11.3. The largest absolute Gasteiger partial charge is 0.370 e. The van der Waals surface area contributed by atoms with Crippen LogP contribution in [-0.2, 0) is 5.41 Å². The normalized spacial score (nSPS) is 20.5. The van der Waals surface area contributed by atoms with Gasteiger partial charge in [-0.25, -0.2) is 0 Å². The van der Waals surface area contributed by atoms with Crippen LogP contribution in [0, 0.1) is 13.8 Å². The third-order valence-corrected chi connectivity index (χ3v) is 13.8. The summed E-state index contributed by atoms with van der Waals surface area (Å²) >= 11 is 0. The Balaban J connectivity index is 1.06. The second-order valence-electron chi connectivity index (χ2n) is 17.7. The molecule has 0 fully saturated rings. The summed E-state index contributed by atoms with van der Waals surface area (Å²) in [5.41, 5.74) is 24.0. The Labute approximate surface area is 385 Å². The molecule has 10 rings (SSSR count). The average molecular weight is 845 g/mol. The monoisotopic (exact) mass is 844 g/mol. The standard InChI is InChI=1S/C61H56N4/c1-6-17-45(59-23-12-14-38-63(59)4)18-16-37-62-49-30-35-55-47(41-49)26-27-48-42-52(34-36-56(48)61(55)57-21-9-7-8-19-53(57)54-20-10-11-22-58(54)61)65(51-31-25-43(2)44(3)40-51)50-32-28-46(29-33-50)60-24-13-15-39-64(60)5/h6-8,10-36,40,42,49,62H,1,37-39,41H2,2-5H3/b18-16-,45-17+. The molecule has 4 heteroatoms. The van der Waals surface area contributed by atoms with Crippen molar-refractivity contribution in [2.45, 2.75) is 31.7 Å². The van der Waals surface area contributed by atoms with Crippen LogP contribution < -0.4 is 10.2 Å². The van der Waals surface area contributed by atoms with Crippen molar-refractivity contribution >= 4 is 34.4 Å². The minimum atomic E-state index is -0.546. The van der Waals surface area contributed by atoms with Crippen molar-refractivity contribution in [1.82, 2.24) is 15.1 Å². The highest BCUT2D eigenvalue weighted by atomic mass is 15.1. The Morgan fingerprint density at radius 1 is 0.800 bits per heavy atom. The maximum atomic E-state index is 3.99. The van der Waals surface area contributed by atoms with Crippen molar-refractivity contribution in [3.63, 3.8) is 0 Å². The molecule has 4 nitrogen and oxygen atoms in total. The van der Waals surface area contributed by atoms with Gasteiger partial charge in [0.2, 0.25) is 0 Å². The molecule has 4 aromatic carbocycles. The van der Waals surface area contributed by atoms with E-state index in [-0.39, 0.29) is 6.04 Å². The number of allylic oxidation sites excluding steroid dienone is 15. The summed E-state index contributed by atoms with van der Waals surface area (Å²) < 4.78 is 0. The van der Waals surface area contributed by atoms with Crippen LogP contribution in [0.5, 0.6) is 0 Å². The van der Waals surface area contributed by atoms with Crippen molar-refractivity contribution in [2.75, 3.05) is 38.6 Å². The molecule has 2 heterocycles. The van der Waals surface area contributed by atoms with E-state index in [9.17, 15) is 0 Å². The first-order valence-corrected chi connectivity index (χ1v) is 22.9. The number of nitrogens with zero attached hydrogens (tertiary/aromatic N) is 3. The topological polar surface area (TPSA) is 21.8 Å². The number of fused-ring (bicyclic) bond motifs is 7. The van der Waals surface area contributed by atoms with E-state index in [4.69, 9.17) is 0 Å². The van der Waals surface area contributed by atoms with Gasteiger partial charge in [0.1, 0.15) is 0 Å². The molecule has 1 spiro atoms. The van der Waals surface area contributed by atoms with Gasteiger partial charge in [-0.05, 0) is 148 Å². The zero-order valence-electron chi connectivity index (χ0n) is 37.9. The number of anilines is 3. The van der Waals surface area contributed by atoms with Crippen LogP contribution in [-0.4, -0.2) is 49.6 Å². The van der Waals surface area contributed by atoms with E-state index in [1.807, 2.05) is 12.2 Å². The molecular formula is C61H56N4. The van der Waals surface area contributed by atoms with E-state index in [1.54, 1.807) is 0 Å². The van der Waals surface area contributed by atoms with Crippen LogP contribution in [0.4, 0.5) is 17.1 Å². The zero-order chi connectivity index (χ0) is 44.5. The lowest BCUT2D eigenvalue weighted by molar-refractivity contribution is 0.470. The van der Waals surface area contributed by atoms with E-state index in [1.165, 1.54) is 72.6 Å². The molecular weight excluding hydrogens is 789 g/mol. The highest BCUT2D eigenvalue weighted by Gasteiger charge is 2.50. The summed E-state index contributed by atoms with van der Waals surface area (Å²) in [5, 5.41) is 3.86. The molecule has 65 heavy (non-hydrogen) atoms. The van der Waals surface area contributed by atoms with Gasteiger partial charge in [0.25, 0.3) is 0 Å². The third-order valence-electron chi connectivity index (χ3n) is 13.8. The second-order valence-corrected chi connectivity index (χ2v) is 17.7. The summed E-state index contributed by atoms with van der Waals surface area (Å²) in [4.78, 5) is 6.98. The number of hydrogen-bond donors (Lipinski definition) is 1. The van der Waals surface area contributed by atoms with Crippen LogP contribution in [0.2, 0.25) is 0 Å². The number of benzene rings is 4. The van der Waals surface area contributed by atoms with E-state index in [0.717, 1.165) is 48.7 Å². The van der Waals surface area contributed by atoms with Crippen molar-refractivity contribution in [2.24, 2.45) is 0 Å². The molecule has 0 amide bonds.